The normalized spacial score (nSPS) is 10.9. The standard InChI is InChI=1S/C24H23ClN8/c1-16-4-6-17(7-5-16)26-23-28-22(25)29-24(30-23)27-18-8-10-19(11-9-18)31-32-20-12-14-21(15-13-20)33(2)3/h4-15H,1-3H3,(H2,26,27,28,29,30). The van der Waals surface area contributed by atoms with E-state index in [1.54, 1.807) is 0 Å². The van der Waals surface area contributed by atoms with Crippen LogP contribution in [0.4, 0.5) is 40.3 Å². The van der Waals surface area contributed by atoms with Gasteiger partial charge in [0.1, 0.15) is 0 Å². The molecule has 0 aliphatic carbocycles. The number of nitrogens with one attached hydrogen (secondary N) is 2. The molecule has 0 fully saturated rings. The number of benzene rings is 3. The van der Waals surface area contributed by atoms with Gasteiger partial charge in [-0.05, 0) is 79.2 Å². The third-order valence-electron chi connectivity index (χ3n) is 4.69. The van der Waals surface area contributed by atoms with Crippen LogP contribution in [0.5, 0.6) is 0 Å². The molecule has 0 spiro atoms. The summed E-state index contributed by atoms with van der Waals surface area (Å²) in [5, 5.41) is 14.9. The van der Waals surface area contributed by atoms with Crippen LogP contribution >= 0.6 is 11.6 Å². The molecule has 0 atom stereocenters. The van der Waals surface area contributed by atoms with Gasteiger partial charge in [-0.1, -0.05) is 17.7 Å². The highest BCUT2D eigenvalue weighted by Crippen LogP contribution is 2.24. The first-order valence-corrected chi connectivity index (χ1v) is 10.6. The summed E-state index contributed by atoms with van der Waals surface area (Å²) >= 11 is 6.09. The monoisotopic (exact) mass is 458 g/mol. The first-order chi connectivity index (χ1) is 15.9. The average molecular weight is 459 g/mol. The summed E-state index contributed by atoms with van der Waals surface area (Å²) in [5.41, 5.74) is 5.44. The van der Waals surface area contributed by atoms with Gasteiger partial charge in [0.15, 0.2) is 0 Å². The van der Waals surface area contributed by atoms with Gasteiger partial charge in [-0.15, -0.1) is 0 Å². The molecule has 1 aromatic heterocycles. The quantitative estimate of drug-likeness (QED) is 0.296. The molecular weight excluding hydrogens is 436 g/mol. The van der Waals surface area contributed by atoms with Gasteiger partial charge in [0.25, 0.3) is 0 Å². The van der Waals surface area contributed by atoms with Crippen molar-refractivity contribution >= 4 is 51.9 Å². The highest BCUT2D eigenvalue weighted by atomic mass is 35.5. The zero-order chi connectivity index (χ0) is 23.2. The summed E-state index contributed by atoms with van der Waals surface area (Å²) < 4.78 is 0. The lowest BCUT2D eigenvalue weighted by atomic mass is 10.2. The molecule has 0 radical (unpaired) electrons. The molecule has 0 amide bonds. The molecule has 2 N–H and O–H groups in total. The molecule has 8 nitrogen and oxygen atoms in total. The maximum Gasteiger partial charge on any atom is 0.233 e. The number of hydrogen-bond acceptors (Lipinski definition) is 8. The number of hydrogen-bond donors (Lipinski definition) is 2. The van der Waals surface area contributed by atoms with Crippen molar-refractivity contribution in [2.45, 2.75) is 6.92 Å². The van der Waals surface area contributed by atoms with E-state index < -0.39 is 0 Å². The van der Waals surface area contributed by atoms with Gasteiger partial charge in [-0.25, -0.2) is 0 Å². The lowest BCUT2D eigenvalue weighted by molar-refractivity contribution is 1.06. The molecule has 33 heavy (non-hydrogen) atoms. The van der Waals surface area contributed by atoms with Crippen LogP contribution in [0, 0.1) is 6.92 Å². The first kappa shape index (κ1) is 22.2. The SMILES string of the molecule is Cc1ccc(Nc2nc(Cl)nc(Nc3ccc(N=Nc4ccc(N(C)C)cc4)cc3)n2)cc1. The van der Waals surface area contributed by atoms with Crippen molar-refractivity contribution in [3.05, 3.63) is 83.6 Å². The summed E-state index contributed by atoms with van der Waals surface area (Å²) in [6, 6.07) is 23.2. The maximum absolute atomic E-state index is 6.09. The van der Waals surface area contributed by atoms with Gasteiger partial charge in [0.2, 0.25) is 17.2 Å². The number of azo groups is 1. The van der Waals surface area contributed by atoms with Crippen LogP contribution in [-0.4, -0.2) is 29.0 Å². The van der Waals surface area contributed by atoms with Gasteiger partial charge in [-0.2, -0.15) is 25.2 Å². The Morgan fingerprint density at radius 1 is 0.667 bits per heavy atom. The number of aryl methyl sites for hydroxylation is 1. The number of anilines is 5. The molecule has 0 saturated heterocycles. The Balaban J connectivity index is 1.42. The van der Waals surface area contributed by atoms with Crippen molar-refractivity contribution in [1.29, 1.82) is 0 Å². The van der Waals surface area contributed by atoms with E-state index in [0.717, 1.165) is 28.4 Å². The summed E-state index contributed by atoms with van der Waals surface area (Å²) in [4.78, 5) is 14.7. The number of nitrogens with zero attached hydrogens (tertiary/aromatic N) is 6. The Morgan fingerprint density at radius 2 is 1.12 bits per heavy atom. The Labute approximate surface area is 197 Å². The Kier molecular flexibility index (Phi) is 6.75. The van der Waals surface area contributed by atoms with Gasteiger partial charge in [0.05, 0.1) is 11.4 Å². The average Bonchev–Trinajstić information content (AvgIpc) is 2.80. The minimum absolute atomic E-state index is 0.0906. The molecule has 0 bridgehead atoms. The molecule has 0 saturated carbocycles. The van der Waals surface area contributed by atoms with Crippen LogP contribution < -0.4 is 15.5 Å². The minimum Gasteiger partial charge on any atom is -0.378 e. The summed E-state index contributed by atoms with van der Waals surface area (Å²) in [5.74, 6) is 0.687. The van der Waals surface area contributed by atoms with Crippen LogP contribution in [0.15, 0.2) is 83.0 Å². The van der Waals surface area contributed by atoms with Gasteiger partial charge in [0, 0.05) is 31.2 Å². The summed E-state index contributed by atoms with van der Waals surface area (Å²) in [6.07, 6.45) is 0. The highest BCUT2D eigenvalue weighted by Gasteiger charge is 2.06. The number of halogens is 1. The molecule has 9 heteroatoms. The lowest BCUT2D eigenvalue weighted by Crippen LogP contribution is -2.07. The minimum atomic E-state index is 0.0906. The van der Waals surface area contributed by atoms with Crippen LogP contribution in [0.2, 0.25) is 5.28 Å². The fourth-order valence-electron chi connectivity index (χ4n) is 2.90. The van der Waals surface area contributed by atoms with E-state index >= 15 is 0 Å². The Morgan fingerprint density at radius 3 is 1.61 bits per heavy atom. The smallest absolute Gasteiger partial charge is 0.233 e. The van der Waals surface area contributed by atoms with Crippen LogP contribution in [-0.2, 0) is 0 Å². The molecular formula is C24H23ClN8. The Hall–Kier alpha value is -4.04. The van der Waals surface area contributed by atoms with Crippen molar-refractivity contribution in [2.75, 3.05) is 29.6 Å². The molecule has 4 rings (SSSR count). The second-order valence-electron chi connectivity index (χ2n) is 7.53. The van der Waals surface area contributed by atoms with Gasteiger partial charge in [-0.3, -0.25) is 0 Å². The second kappa shape index (κ2) is 10.1. The molecule has 0 aliphatic rings. The van der Waals surface area contributed by atoms with Crippen LogP contribution in [0.3, 0.4) is 0 Å². The first-order valence-electron chi connectivity index (χ1n) is 10.3. The van der Waals surface area contributed by atoms with E-state index in [2.05, 4.69) is 35.8 Å². The van der Waals surface area contributed by atoms with Crippen molar-refractivity contribution < 1.29 is 0 Å². The molecule has 1 heterocycles. The van der Waals surface area contributed by atoms with E-state index in [1.807, 2.05) is 98.7 Å². The third-order valence-corrected chi connectivity index (χ3v) is 4.86. The summed E-state index contributed by atoms with van der Waals surface area (Å²) in [7, 11) is 4.00. The van der Waals surface area contributed by atoms with E-state index in [9.17, 15) is 0 Å². The van der Waals surface area contributed by atoms with Crippen molar-refractivity contribution in [2.24, 2.45) is 10.2 Å². The summed E-state index contributed by atoms with van der Waals surface area (Å²) in [6.45, 7) is 2.03. The predicted octanol–water partition coefficient (Wildman–Crippen LogP) is 6.80. The zero-order valence-electron chi connectivity index (χ0n) is 18.5. The van der Waals surface area contributed by atoms with Crippen molar-refractivity contribution in [3.8, 4) is 0 Å². The number of rotatable bonds is 7. The third kappa shape index (κ3) is 6.24. The molecule has 4 aromatic rings. The van der Waals surface area contributed by atoms with Gasteiger partial charge >= 0.3 is 0 Å². The second-order valence-corrected chi connectivity index (χ2v) is 7.86. The molecule has 166 valence electrons. The topological polar surface area (TPSA) is 90.7 Å². The maximum atomic E-state index is 6.09. The highest BCUT2D eigenvalue weighted by molar-refractivity contribution is 6.28. The predicted molar refractivity (Wildman–Crippen MR) is 134 cm³/mol. The van der Waals surface area contributed by atoms with E-state index in [4.69, 9.17) is 11.6 Å². The fourth-order valence-corrected chi connectivity index (χ4v) is 3.06. The van der Waals surface area contributed by atoms with E-state index in [-0.39, 0.29) is 5.28 Å². The largest absolute Gasteiger partial charge is 0.378 e. The molecule has 0 unspecified atom stereocenters. The van der Waals surface area contributed by atoms with Crippen molar-refractivity contribution in [1.82, 2.24) is 15.0 Å². The van der Waals surface area contributed by atoms with E-state index in [1.165, 1.54) is 5.56 Å². The van der Waals surface area contributed by atoms with E-state index in [0.29, 0.717) is 11.9 Å². The van der Waals surface area contributed by atoms with Crippen molar-refractivity contribution in [3.63, 3.8) is 0 Å². The number of aromatic nitrogens is 3. The van der Waals surface area contributed by atoms with Gasteiger partial charge < -0.3 is 15.5 Å². The zero-order valence-corrected chi connectivity index (χ0v) is 19.2. The lowest BCUT2D eigenvalue weighted by Gasteiger charge is -2.11. The fraction of sp³-hybridized carbons (Fsp3) is 0.125. The van der Waals surface area contributed by atoms with Crippen LogP contribution in [0.1, 0.15) is 5.56 Å². The Bertz CT molecular complexity index is 1240. The molecule has 3 aromatic carbocycles. The molecule has 0 aliphatic heterocycles. The van der Waals surface area contributed by atoms with Crippen LogP contribution in [0.25, 0.3) is 0 Å².